The maximum absolute atomic E-state index is 11.9. The number of nitrogens with one attached hydrogen (secondary N) is 1. The topological polar surface area (TPSA) is 71.3 Å². The SMILES string of the molecule is CSCC[C@@](C)(O)CNC(=O)c1cccn(C)c1=O. The number of carbonyl (C=O) groups excluding carboxylic acids is 1. The van der Waals surface area contributed by atoms with Crippen LogP contribution in [0, 0.1) is 0 Å². The Labute approximate surface area is 117 Å². The first-order chi connectivity index (χ1) is 8.87. The second kappa shape index (κ2) is 6.77. The van der Waals surface area contributed by atoms with Gasteiger partial charge in [-0.3, -0.25) is 9.59 Å². The van der Waals surface area contributed by atoms with E-state index >= 15 is 0 Å². The number of hydrogen-bond donors (Lipinski definition) is 2. The van der Waals surface area contributed by atoms with Gasteiger partial charge in [-0.2, -0.15) is 11.8 Å². The summed E-state index contributed by atoms with van der Waals surface area (Å²) >= 11 is 1.64. The molecule has 1 heterocycles. The van der Waals surface area contributed by atoms with Crippen molar-refractivity contribution in [1.29, 1.82) is 0 Å². The summed E-state index contributed by atoms with van der Waals surface area (Å²) in [6.45, 7) is 1.80. The normalized spacial score (nSPS) is 13.9. The summed E-state index contributed by atoms with van der Waals surface area (Å²) in [5, 5.41) is 12.7. The Balaban J connectivity index is 2.66. The van der Waals surface area contributed by atoms with E-state index in [9.17, 15) is 14.7 Å². The number of thioether (sulfide) groups is 1. The number of rotatable bonds is 6. The van der Waals surface area contributed by atoms with Gasteiger partial charge in [-0.15, -0.1) is 0 Å². The summed E-state index contributed by atoms with van der Waals surface area (Å²) in [6, 6.07) is 3.12. The van der Waals surface area contributed by atoms with Crippen LogP contribution in [0.15, 0.2) is 23.1 Å². The maximum Gasteiger partial charge on any atom is 0.263 e. The summed E-state index contributed by atoms with van der Waals surface area (Å²) in [6.07, 6.45) is 4.14. The molecular formula is C13H20N2O3S. The van der Waals surface area contributed by atoms with Crippen molar-refractivity contribution in [2.75, 3.05) is 18.6 Å². The van der Waals surface area contributed by atoms with Crippen LogP contribution in [0.1, 0.15) is 23.7 Å². The van der Waals surface area contributed by atoms with E-state index < -0.39 is 11.5 Å². The highest BCUT2D eigenvalue weighted by Gasteiger charge is 2.21. The lowest BCUT2D eigenvalue weighted by atomic mass is 10.0. The zero-order valence-electron chi connectivity index (χ0n) is 11.5. The molecule has 0 unspecified atom stereocenters. The van der Waals surface area contributed by atoms with Crippen LogP contribution in [0.2, 0.25) is 0 Å². The number of amides is 1. The third-order valence-corrected chi connectivity index (χ3v) is 3.45. The predicted molar refractivity (Wildman–Crippen MR) is 77.6 cm³/mol. The molecule has 0 radical (unpaired) electrons. The van der Waals surface area contributed by atoms with Crippen molar-refractivity contribution in [2.24, 2.45) is 7.05 Å². The van der Waals surface area contributed by atoms with E-state index in [1.54, 1.807) is 38.0 Å². The molecule has 0 fully saturated rings. The molecule has 0 aliphatic carbocycles. The van der Waals surface area contributed by atoms with Crippen molar-refractivity contribution in [1.82, 2.24) is 9.88 Å². The van der Waals surface area contributed by atoms with Crippen LogP contribution in [-0.4, -0.2) is 39.7 Å². The molecule has 1 aromatic rings. The van der Waals surface area contributed by atoms with Crippen molar-refractivity contribution >= 4 is 17.7 Å². The zero-order chi connectivity index (χ0) is 14.5. The predicted octanol–water partition coefficient (Wildman–Crippen LogP) is 0.619. The van der Waals surface area contributed by atoms with Gasteiger partial charge in [0.25, 0.3) is 11.5 Å². The number of nitrogens with zero attached hydrogens (tertiary/aromatic N) is 1. The van der Waals surface area contributed by atoms with Gasteiger partial charge in [-0.1, -0.05) is 0 Å². The first-order valence-corrected chi connectivity index (χ1v) is 7.42. The van der Waals surface area contributed by atoms with Crippen LogP contribution >= 0.6 is 11.8 Å². The number of aromatic nitrogens is 1. The van der Waals surface area contributed by atoms with Gasteiger partial charge in [0.2, 0.25) is 0 Å². The second-order valence-electron chi connectivity index (χ2n) is 4.76. The highest BCUT2D eigenvalue weighted by Crippen LogP contribution is 2.11. The second-order valence-corrected chi connectivity index (χ2v) is 5.75. The fourth-order valence-electron chi connectivity index (χ4n) is 1.55. The van der Waals surface area contributed by atoms with E-state index in [2.05, 4.69) is 5.32 Å². The van der Waals surface area contributed by atoms with E-state index in [0.29, 0.717) is 6.42 Å². The van der Waals surface area contributed by atoms with Crippen LogP contribution in [0.4, 0.5) is 0 Å². The lowest BCUT2D eigenvalue weighted by Gasteiger charge is -2.23. The third kappa shape index (κ3) is 4.72. The Kier molecular flexibility index (Phi) is 5.62. The largest absolute Gasteiger partial charge is 0.388 e. The van der Waals surface area contributed by atoms with Crippen LogP contribution < -0.4 is 10.9 Å². The van der Waals surface area contributed by atoms with Gasteiger partial charge in [0.05, 0.1) is 5.60 Å². The van der Waals surface area contributed by atoms with Crippen LogP contribution in [0.5, 0.6) is 0 Å². The van der Waals surface area contributed by atoms with Crippen LogP contribution in [0.3, 0.4) is 0 Å². The fourth-order valence-corrected chi connectivity index (χ4v) is 2.19. The molecule has 0 spiro atoms. The summed E-state index contributed by atoms with van der Waals surface area (Å²) in [7, 11) is 1.59. The van der Waals surface area contributed by atoms with Gasteiger partial charge in [0, 0.05) is 19.8 Å². The molecule has 0 aliphatic heterocycles. The highest BCUT2D eigenvalue weighted by atomic mass is 32.2. The number of aryl methyl sites for hydroxylation is 1. The smallest absolute Gasteiger partial charge is 0.263 e. The Morgan fingerprint density at radius 3 is 2.89 bits per heavy atom. The number of hydrogen-bond acceptors (Lipinski definition) is 4. The molecule has 2 N–H and O–H groups in total. The van der Waals surface area contributed by atoms with Crippen LogP contribution in [0.25, 0.3) is 0 Å². The van der Waals surface area contributed by atoms with Gasteiger partial charge in [0.15, 0.2) is 0 Å². The molecule has 5 nitrogen and oxygen atoms in total. The Morgan fingerprint density at radius 2 is 2.26 bits per heavy atom. The minimum absolute atomic E-state index is 0.0886. The van der Waals surface area contributed by atoms with E-state index in [1.807, 2.05) is 6.26 Å². The van der Waals surface area contributed by atoms with Crippen molar-refractivity contribution in [3.63, 3.8) is 0 Å². The van der Waals surface area contributed by atoms with E-state index in [4.69, 9.17) is 0 Å². The molecule has 1 aromatic heterocycles. The summed E-state index contributed by atoms with van der Waals surface area (Å²) in [4.78, 5) is 23.6. The van der Waals surface area contributed by atoms with Crippen molar-refractivity contribution < 1.29 is 9.90 Å². The summed E-state index contributed by atoms with van der Waals surface area (Å²) in [5.74, 6) is 0.362. The maximum atomic E-state index is 11.9. The quantitative estimate of drug-likeness (QED) is 0.803. The first-order valence-electron chi connectivity index (χ1n) is 6.02. The molecule has 106 valence electrons. The Bertz CT molecular complexity index is 497. The van der Waals surface area contributed by atoms with E-state index in [1.165, 1.54) is 10.6 Å². The molecule has 1 rings (SSSR count). The molecule has 1 atom stereocenters. The fraction of sp³-hybridized carbons (Fsp3) is 0.538. The monoisotopic (exact) mass is 284 g/mol. The van der Waals surface area contributed by atoms with Crippen molar-refractivity contribution in [3.05, 3.63) is 34.2 Å². The van der Waals surface area contributed by atoms with E-state index in [-0.39, 0.29) is 17.7 Å². The summed E-state index contributed by atoms with van der Waals surface area (Å²) in [5.41, 5.74) is -1.21. The molecule has 19 heavy (non-hydrogen) atoms. The lowest BCUT2D eigenvalue weighted by Crippen LogP contribution is -2.42. The molecule has 1 amide bonds. The van der Waals surface area contributed by atoms with Crippen molar-refractivity contribution in [3.8, 4) is 0 Å². The van der Waals surface area contributed by atoms with E-state index in [0.717, 1.165) is 5.75 Å². The van der Waals surface area contributed by atoms with Crippen LogP contribution in [-0.2, 0) is 7.05 Å². The zero-order valence-corrected chi connectivity index (χ0v) is 12.3. The first kappa shape index (κ1) is 15.8. The van der Waals surface area contributed by atoms with Gasteiger partial charge >= 0.3 is 0 Å². The molecule has 6 heteroatoms. The average Bonchev–Trinajstić information content (AvgIpc) is 2.37. The van der Waals surface area contributed by atoms with Gasteiger partial charge < -0.3 is 15.0 Å². The van der Waals surface area contributed by atoms with Gasteiger partial charge in [-0.05, 0) is 37.5 Å². The van der Waals surface area contributed by atoms with Crippen molar-refractivity contribution in [2.45, 2.75) is 18.9 Å². The summed E-state index contributed by atoms with van der Waals surface area (Å²) < 4.78 is 1.35. The van der Waals surface area contributed by atoms with Gasteiger partial charge in [-0.25, -0.2) is 0 Å². The highest BCUT2D eigenvalue weighted by molar-refractivity contribution is 7.98. The average molecular weight is 284 g/mol. The minimum Gasteiger partial charge on any atom is -0.388 e. The molecule has 0 bridgehead atoms. The molecular weight excluding hydrogens is 264 g/mol. The Hall–Kier alpha value is -1.27. The lowest BCUT2D eigenvalue weighted by molar-refractivity contribution is 0.0528. The third-order valence-electron chi connectivity index (χ3n) is 2.84. The number of carbonyl (C=O) groups is 1. The number of aliphatic hydroxyl groups is 1. The Morgan fingerprint density at radius 1 is 1.58 bits per heavy atom. The standard InChI is InChI=1S/C13H20N2O3S/c1-13(18,6-8-19-3)9-14-11(16)10-5-4-7-15(2)12(10)17/h4-5,7,18H,6,8-9H2,1-3H3,(H,14,16)/t13-/m1/s1. The molecule has 0 aromatic carbocycles. The van der Waals surface area contributed by atoms with Gasteiger partial charge in [0.1, 0.15) is 5.56 Å². The minimum atomic E-state index is -0.960. The number of pyridine rings is 1. The molecule has 0 saturated carbocycles. The molecule has 0 saturated heterocycles. The molecule has 0 aliphatic rings.